The number of hydrogen-bond acceptors (Lipinski definition) is 3. The summed E-state index contributed by atoms with van der Waals surface area (Å²) in [4.78, 5) is 0.522. The topological polar surface area (TPSA) is 63.4 Å². The van der Waals surface area contributed by atoms with Crippen LogP contribution in [0.3, 0.4) is 0 Å². The Morgan fingerprint density at radius 1 is 1.30 bits per heavy atom. The molecule has 0 bridgehead atoms. The van der Waals surface area contributed by atoms with E-state index in [9.17, 15) is 8.42 Å². The first kappa shape index (κ1) is 15.4. The molecular formula is C14H20N2O2S2. The zero-order valence-corrected chi connectivity index (χ0v) is 13.6. The number of sulfonamides is 1. The molecule has 1 heterocycles. The van der Waals surface area contributed by atoms with Crippen LogP contribution in [0.4, 0.5) is 0 Å². The van der Waals surface area contributed by atoms with E-state index in [0.29, 0.717) is 35.4 Å². The minimum absolute atomic E-state index is 0.213. The van der Waals surface area contributed by atoms with Crippen LogP contribution in [0.25, 0.3) is 0 Å². The highest BCUT2D eigenvalue weighted by molar-refractivity contribution is 7.89. The second kappa shape index (κ2) is 5.42. The summed E-state index contributed by atoms with van der Waals surface area (Å²) >= 11 is 4.93. The fourth-order valence-corrected chi connectivity index (χ4v) is 4.46. The van der Waals surface area contributed by atoms with Crippen molar-refractivity contribution in [1.82, 2.24) is 4.31 Å². The van der Waals surface area contributed by atoms with Crippen LogP contribution in [0.1, 0.15) is 25.0 Å². The van der Waals surface area contributed by atoms with Gasteiger partial charge in [0.05, 0.1) is 4.90 Å². The lowest BCUT2D eigenvalue weighted by molar-refractivity contribution is 0.463. The first-order valence-corrected chi connectivity index (χ1v) is 8.49. The summed E-state index contributed by atoms with van der Waals surface area (Å²) in [5.41, 5.74) is 6.90. The maximum Gasteiger partial charge on any atom is 0.243 e. The molecular weight excluding hydrogens is 292 g/mol. The van der Waals surface area contributed by atoms with Crippen LogP contribution in [0, 0.1) is 18.8 Å². The van der Waals surface area contributed by atoms with Crippen molar-refractivity contribution in [1.29, 1.82) is 0 Å². The summed E-state index contributed by atoms with van der Waals surface area (Å²) in [5.74, 6) is 0.757. The van der Waals surface area contributed by atoms with Crippen molar-refractivity contribution in [2.45, 2.75) is 25.7 Å². The Morgan fingerprint density at radius 2 is 1.85 bits per heavy atom. The van der Waals surface area contributed by atoms with Crippen LogP contribution in [0.2, 0.25) is 0 Å². The van der Waals surface area contributed by atoms with Gasteiger partial charge in [-0.2, -0.15) is 4.31 Å². The van der Waals surface area contributed by atoms with E-state index in [0.717, 1.165) is 5.56 Å². The van der Waals surface area contributed by atoms with Crippen molar-refractivity contribution in [2.75, 3.05) is 13.1 Å². The van der Waals surface area contributed by atoms with Crippen LogP contribution < -0.4 is 5.73 Å². The van der Waals surface area contributed by atoms with Gasteiger partial charge in [-0.05, 0) is 30.4 Å². The quantitative estimate of drug-likeness (QED) is 0.866. The van der Waals surface area contributed by atoms with E-state index < -0.39 is 10.0 Å². The number of nitrogens with zero attached hydrogens (tertiary/aromatic N) is 1. The standard InChI is InChI=1S/C14H20N2O2S2/c1-9-4-5-12(14(15)19)6-13(9)20(17,18)16-7-10(2)11(3)8-16/h4-6,10-11H,7-8H2,1-3H3,(H2,15,19). The zero-order valence-electron chi connectivity index (χ0n) is 12.0. The molecule has 2 unspecified atom stereocenters. The number of aryl methyl sites for hydroxylation is 1. The molecule has 1 aromatic rings. The Bertz CT molecular complexity index is 631. The van der Waals surface area contributed by atoms with Crippen LogP contribution >= 0.6 is 12.2 Å². The molecule has 0 aromatic heterocycles. The molecule has 0 radical (unpaired) electrons. The monoisotopic (exact) mass is 312 g/mol. The van der Waals surface area contributed by atoms with Crippen molar-refractivity contribution >= 4 is 27.2 Å². The summed E-state index contributed by atoms with van der Waals surface area (Å²) in [6, 6.07) is 5.09. The van der Waals surface area contributed by atoms with Gasteiger partial charge in [-0.3, -0.25) is 0 Å². The maximum absolute atomic E-state index is 12.8. The van der Waals surface area contributed by atoms with Gasteiger partial charge in [0.2, 0.25) is 10.0 Å². The second-order valence-electron chi connectivity index (χ2n) is 5.62. The average molecular weight is 312 g/mol. The molecule has 2 rings (SSSR count). The van der Waals surface area contributed by atoms with Crippen LogP contribution in [0.5, 0.6) is 0 Å². The SMILES string of the molecule is Cc1ccc(C(N)=S)cc1S(=O)(=O)N1CC(C)C(C)C1. The van der Waals surface area contributed by atoms with E-state index in [-0.39, 0.29) is 4.99 Å². The van der Waals surface area contributed by atoms with E-state index in [1.54, 1.807) is 29.4 Å². The number of rotatable bonds is 3. The third-order valence-electron chi connectivity index (χ3n) is 4.05. The summed E-state index contributed by atoms with van der Waals surface area (Å²) in [5, 5.41) is 0. The Hall–Kier alpha value is -0.980. The van der Waals surface area contributed by atoms with Gasteiger partial charge in [0.15, 0.2) is 0 Å². The highest BCUT2D eigenvalue weighted by Crippen LogP contribution is 2.29. The normalized spacial score (nSPS) is 23.9. The lowest BCUT2D eigenvalue weighted by Crippen LogP contribution is -2.30. The Labute approximate surface area is 126 Å². The minimum atomic E-state index is -3.47. The Morgan fingerprint density at radius 3 is 2.35 bits per heavy atom. The molecule has 1 aromatic carbocycles. The lowest BCUT2D eigenvalue weighted by Gasteiger charge is -2.18. The molecule has 0 amide bonds. The van der Waals surface area contributed by atoms with Crippen LogP contribution in [0.15, 0.2) is 23.1 Å². The largest absolute Gasteiger partial charge is 0.389 e. The van der Waals surface area contributed by atoms with Crippen LogP contribution in [-0.4, -0.2) is 30.8 Å². The minimum Gasteiger partial charge on any atom is -0.389 e. The molecule has 0 saturated carbocycles. The molecule has 2 atom stereocenters. The van der Waals surface area contributed by atoms with Gasteiger partial charge in [-0.15, -0.1) is 0 Å². The molecule has 2 N–H and O–H groups in total. The smallest absolute Gasteiger partial charge is 0.243 e. The van der Waals surface area contributed by atoms with E-state index >= 15 is 0 Å². The van der Waals surface area contributed by atoms with Crippen LogP contribution in [-0.2, 0) is 10.0 Å². The fraction of sp³-hybridized carbons (Fsp3) is 0.500. The summed E-state index contributed by atoms with van der Waals surface area (Å²) < 4.78 is 27.1. The molecule has 0 aliphatic carbocycles. The second-order valence-corrected chi connectivity index (χ2v) is 7.97. The van der Waals surface area contributed by atoms with E-state index in [1.807, 2.05) is 0 Å². The third-order valence-corrected chi connectivity index (χ3v) is 6.25. The predicted molar refractivity (Wildman–Crippen MR) is 84.2 cm³/mol. The first-order chi connectivity index (χ1) is 9.23. The van der Waals surface area contributed by atoms with E-state index in [2.05, 4.69) is 13.8 Å². The Kier molecular flexibility index (Phi) is 4.18. The van der Waals surface area contributed by atoms with Crippen molar-refractivity contribution < 1.29 is 8.42 Å². The number of nitrogens with two attached hydrogens (primary N) is 1. The third kappa shape index (κ3) is 2.73. The molecule has 1 saturated heterocycles. The fourth-order valence-electron chi connectivity index (χ4n) is 2.44. The molecule has 20 heavy (non-hydrogen) atoms. The number of thiocarbonyl (C=S) groups is 1. The van der Waals surface area contributed by atoms with Gasteiger partial charge in [0.1, 0.15) is 4.99 Å². The molecule has 1 aliphatic rings. The van der Waals surface area contributed by atoms with Gasteiger partial charge in [-0.25, -0.2) is 8.42 Å². The van der Waals surface area contributed by atoms with Crippen molar-refractivity contribution in [3.63, 3.8) is 0 Å². The lowest BCUT2D eigenvalue weighted by atomic mass is 10.0. The highest BCUT2D eigenvalue weighted by Gasteiger charge is 2.35. The van der Waals surface area contributed by atoms with Gasteiger partial charge >= 0.3 is 0 Å². The molecule has 4 nitrogen and oxygen atoms in total. The summed E-state index contributed by atoms with van der Waals surface area (Å²) in [6.07, 6.45) is 0. The van der Waals surface area contributed by atoms with Gasteiger partial charge in [0.25, 0.3) is 0 Å². The summed E-state index contributed by atoms with van der Waals surface area (Å²) in [7, 11) is -3.47. The zero-order chi connectivity index (χ0) is 15.1. The van der Waals surface area contributed by atoms with E-state index in [1.165, 1.54) is 0 Å². The van der Waals surface area contributed by atoms with Crippen molar-refractivity contribution in [2.24, 2.45) is 17.6 Å². The van der Waals surface area contributed by atoms with E-state index in [4.69, 9.17) is 18.0 Å². The molecule has 1 fully saturated rings. The van der Waals surface area contributed by atoms with Gasteiger partial charge < -0.3 is 5.73 Å². The summed E-state index contributed by atoms with van der Waals surface area (Å²) in [6.45, 7) is 7.09. The maximum atomic E-state index is 12.8. The first-order valence-electron chi connectivity index (χ1n) is 6.64. The highest BCUT2D eigenvalue weighted by atomic mass is 32.2. The number of benzene rings is 1. The van der Waals surface area contributed by atoms with Crippen molar-refractivity contribution in [3.8, 4) is 0 Å². The number of hydrogen-bond donors (Lipinski definition) is 1. The van der Waals surface area contributed by atoms with Gasteiger partial charge in [0, 0.05) is 18.7 Å². The van der Waals surface area contributed by atoms with Crippen molar-refractivity contribution in [3.05, 3.63) is 29.3 Å². The molecule has 1 aliphatic heterocycles. The molecule has 110 valence electrons. The Balaban J connectivity index is 2.44. The molecule has 0 spiro atoms. The molecule has 6 heteroatoms. The van der Waals surface area contributed by atoms with Gasteiger partial charge in [-0.1, -0.05) is 38.2 Å². The predicted octanol–water partition coefficient (Wildman–Crippen LogP) is 1.91. The average Bonchev–Trinajstić information content (AvgIpc) is 2.70.